The van der Waals surface area contributed by atoms with E-state index < -0.39 is 0 Å². The molecule has 1 aromatic carbocycles. The highest BCUT2D eigenvalue weighted by atomic mass is 16.5. The highest BCUT2D eigenvalue weighted by molar-refractivity contribution is 5.92. The summed E-state index contributed by atoms with van der Waals surface area (Å²) in [5.74, 6) is 0.750. The molecule has 110 valence electrons. The monoisotopic (exact) mass is 278 g/mol. The highest BCUT2D eigenvalue weighted by Gasteiger charge is 2.25. The number of aliphatic hydroxyl groups is 1. The molecule has 1 atom stereocenters. The number of likely N-dealkylation sites (tertiary alicyclic amines) is 1. The first-order chi connectivity index (χ1) is 9.72. The maximum atomic E-state index is 12.0. The standard InChI is InChI=1S/C15H22N2O3/c1-2-20-14-7-5-12(6-8-14)16-15(19)10-17-9-3-4-13(17)11-18/h5-8,13,18H,2-4,9-11H2,1H3,(H,16,19)/t13-/m0/s1. The van der Waals surface area contributed by atoms with Crippen molar-refractivity contribution >= 4 is 11.6 Å². The molecule has 2 N–H and O–H groups in total. The molecule has 0 unspecified atom stereocenters. The van der Waals surface area contributed by atoms with E-state index in [0.29, 0.717) is 13.2 Å². The van der Waals surface area contributed by atoms with Crippen LogP contribution >= 0.6 is 0 Å². The van der Waals surface area contributed by atoms with Crippen LogP contribution in [0.25, 0.3) is 0 Å². The van der Waals surface area contributed by atoms with Gasteiger partial charge in [0.15, 0.2) is 0 Å². The molecule has 0 saturated carbocycles. The number of ether oxygens (including phenoxy) is 1. The number of amides is 1. The minimum absolute atomic E-state index is 0.0468. The van der Waals surface area contributed by atoms with E-state index in [9.17, 15) is 9.90 Å². The lowest BCUT2D eigenvalue weighted by atomic mass is 10.2. The van der Waals surface area contributed by atoms with Crippen LogP contribution in [0.4, 0.5) is 5.69 Å². The van der Waals surface area contributed by atoms with Crippen molar-refractivity contribution in [3.05, 3.63) is 24.3 Å². The second-order valence-electron chi connectivity index (χ2n) is 4.95. The molecule has 0 spiro atoms. The maximum absolute atomic E-state index is 12.0. The minimum Gasteiger partial charge on any atom is -0.494 e. The SMILES string of the molecule is CCOc1ccc(NC(=O)CN2CCC[C@H]2CO)cc1. The zero-order chi connectivity index (χ0) is 14.4. The molecule has 20 heavy (non-hydrogen) atoms. The van der Waals surface area contributed by atoms with E-state index in [1.807, 2.05) is 36.1 Å². The van der Waals surface area contributed by atoms with Gasteiger partial charge in [-0.3, -0.25) is 9.69 Å². The Kier molecular flexibility index (Phi) is 5.38. The first kappa shape index (κ1) is 14.8. The molecule has 0 radical (unpaired) electrons. The Morgan fingerprint density at radius 2 is 2.20 bits per heavy atom. The zero-order valence-electron chi connectivity index (χ0n) is 11.8. The van der Waals surface area contributed by atoms with Crippen LogP contribution in [0.15, 0.2) is 24.3 Å². The van der Waals surface area contributed by atoms with E-state index in [0.717, 1.165) is 30.8 Å². The third kappa shape index (κ3) is 3.95. The summed E-state index contributed by atoms with van der Waals surface area (Å²) in [5.41, 5.74) is 0.762. The van der Waals surface area contributed by atoms with Gasteiger partial charge in [-0.05, 0) is 50.6 Å². The Hall–Kier alpha value is -1.59. The average molecular weight is 278 g/mol. The first-order valence-corrected chi connectivity index (χ1v) is 7.10. The fraction of sp³-hybridized carbons (Fsp3) is 0.533. The Morgan fingerprint density at radius 3 is 2.85 bits per heavy atom. The van der Waals surface area contributed by atoms with E-state index in [1.54, 1.807) is 0 Å². The van der Waals surface area contributed by atoms with Gasteiger partial charge in [0.05, 0.1) is 19.8 Å². The van der Waals surface area contributed by atoms with Gasteiger partial charge in [0.25, 0.3) is 0 Å². The van der Waals surface area contributed by atoms with Gasteiger partial charge < -0.3 is 15.2 Å². The topological polar surface area (TPSA) is 61.8 Å². The molecule has 1 heterocycles. The van der Waals surface area contributed by atoms with Gasteiger partial charge in [0, 0.05) is 11.7 Å². The number of benzene rings is 1. The van der Waals surface area contributed by atoms with Crippen molar-refractivity contribution in [1.82, 2.24) is 4.90 Å². The number of hydrogen-bond acceptors (Lipinski definition) is 4. The first-order valence-electron chi connectivity index (χ1n) is 7.10. The molecular formula is C15H22N2O3. The van der Waals surface area contributed by atoms with E-state index in [4.69, 9.17) is 4.74 Å². The van der Waals surface area contributed by atoms with Crippen molar-refractivity contribution < 1.29 is 14.6 Å². The molecule has 5 heteroatoms. The third-order valence-electron chi connectivity index (χ3n) is 3.51. The van der Waals surface area contributed by atoms with Crippen LogP contribution in [0.3, 0.4) is 0 Å². The number of nitrogens with one attached hydrogen (secondary N) is 1. The Balaban J connectivity index is 1.84. The number of aliphatic hydroxyl groups excluding tert-OH is 1. The number of rotatable bonds is 6. The highest BCUT2D eigenvalue weighted by Crippen LogP contribution is 2.18. The van der Waals surface area contributed by atoms with E-state index in [1.165, 1.54) is 0 Å². The van der Waals surface area contributed by atoms with Crippen molar-refractivity contribution in [3.63, 3.8) is 0 Å². The Labute approximate surface area is 119 Å². The van der Waals surface area contributed by atoms with Gasteiger partial charge in [-0.2, -0.15) is 0 Å². The van der Waals surface area contributed by atoms with Crippen LogP contribution in [0.2, 0.25) is 0 Å². The lowest BCUT2D eigenvalue weighted by Gasteiger charge is -2.21. The summed E-state index contributed by atoms with van der Waals surface area (Å²) >= 11 is 0. The van der Waals surface area contributed by atoms with E-state index in [-0.39, 0.29) is 18.6 Å². The van der Waals surface area contributed by atoms with Crippen molar-refractivity contribution in [3.8, 4) is 5.75 Å². The molecule has 1 saturated heterocycles. The number of nitrogens with zero attached hydrogens (tertiary/aromatic N) is 1. The normalized spacial score (nSPS) is 19.0. The van der Waals surface area contributed by atoms with E-state index in [2.05, 4.69) is 5.32 Å². The minimum atomic E-state index is -0.0468. The van der Waals surface area contributed by atoms with Crippen LogP contribution in [0.5, 0.6) is 5.75 Å². The summed E-state index contributed by atoms with van der Waals surface area (Å²) in [6.07, 6.45) is 2.01. The van der Waals surface area contributed by atoms with Crippen LogP contribution in [-0.4, -0.2) is 48.3 Å². The van der Waals surface area contributed by atoms with Gasteiger partial charge in [-0.25, -0.2) is 0 Å². The van der Waals surface area contributed by atoms with Crippen molar-refractivity contribution in [1.29, 1.82) is 0 Å². The van der Waals surface area contributed by atoms with Crippen molar-refractivity contribution in [2.24, 2.45) is 0 Å². The predicted molar refractivity (Wildman–Crippen MR) is 77.9 cm³/mol. The van der Waals surface area contributed by atoms with Crippen LogP contribution in [0, 0.1) is 0 Å². The molecule has 1 aromatic rings. The summed E-state index contributed by atoms with van der Waals surface area (Å²) < 4.78 is 5.35. The third-order valence-corrected chi connectivity index (χ3v) is 3.51. The van der Waals surface area contributed by atoms with Gasteiger partial charge in [0.2, 0.25) is 5.91 Å². The van der Waals surface area contributed by atoms with Crippen molar-refractivity contribution in [2.75, 3.05) is 31.6 Å². The van der Waals surface area contributed by atoms with E-state index >= 15 is 0 Å². The molecular weight excluding hydrogens is 256 g/mol. The molecule has 0 bridgehead atoms. The van der Waals surface area contributed by atoms with Gasteiger partial charge in [-0.1, -0.05) is 0 Å². The molecule has 1 aliphatic heterocycles. The average Bonchev–Trinajstić information content (AvgIpc) is 2.88. The number of carbonyl (C=O) groups is 1. The smallest absolute Gasteiger partial charge is 0.238 e. The number of carbonyl (C=O) groups excluding carboxylic acids is 1. The van der Waals surface area contributed by atoms with Crippen LogP contribution in [-0.2, 0) is 4.79 Å². The summed E-state index contributed by atoms with van der Waals surface area (Å²) in [5, 5.41) is 12.1. The number of hydrogen-bond donors (Lipinski definition) is 2. The van der Waals surface area contributed by atoms with Crippen LogP contribution < -0.4 is 10.1 Å². The Morgan fingerprint density at radius 1 is 1.45 bits per heavy atom. The fourth-order valence-electron chi connectivity index (χ4n) is 2.50. The fourth-order valence-corrected chi connectivity index (χ4v) is 2.50. The van der Waals surface area contributed by atoms with Gasteiger partial charge in [0.1, 0.15) is 5.75 Å². The summed E-state index contributed by atoms with van der Waals surface area (Å²) in [6.45, 7) is 3.89. The number of anilines is 1. The molecule has 1 fully saturated rings. The second kappa shape index (κ2) is 7.26. The molecule has 2 rings (SSSR count). The molecule has 1 aliphatic rings. The maximum Gasteiger partial charge on any atom is 0.238 e. The van der Waals surface area contributed by atoms with Crippen LogP contribution in [0.1, 0.15) is 19.8 Å². The predicted octanol–water partition coefficient (Wildman–Crippen LogP) is 1.48. The molecule has 0 aromatic heterocycles. The summed E-state index contributed by atoms with van der Waals surface area (Å²) in [7, 11) is 0. The molecule has 5 nitrogen and oxygen atoms in total. The zero-order valence-corrected chi connectivity index (χ0v) is 11.8. The summed E-state index contributed by atoms with van der Waals surface area (Å²) in [6, 6.07) is 7.46. The second-order valence-corrected chi connectivity index (χ2v) is 4.95. The quantitative estimate of drug-likeness (QED) is 0.827. The van der Waals surface area contributed by atoms with Gasteiger partial charge in [-0.15, -0.1) is 0 Å². The largest absolute Gasteiger partial charge is 0.494 e. The lowest BCUT2D eigenvalue weighted by Crippen LogP contribution is -2.38. The molecule has 0 aliphatic carbocycles. The van der Waals surface area contributed by atoms with Gasteiger partial charge >= 0.3 is 0 Å². The Bertz CT molecular complexity index is 433. The summed E-state index contributed by atoms with van der Waals surface area (Å²) in [4.78, 5) is 14.0. The molecule has 1 amide bonds. The lowest BCUT2D eigenvalue weighted by molar-refractivity contribution is -0.117. The van der Waals surface area contributed by atoms with Crippen molar-refractivity contribution in [2.45, 2.75) is 25.8 Å².